The Kier molecular flexibility index (Phi) is 5.76. The van der Waals surface area contributed by atoms with Gasteiger partial charge in [-0.2, -0.15) is 13.2 Å². The van der Waals surface area contributed by atoms with Crippen LogP contribution in [0, 0.1) is 6.92 Å². The van der Waals surface area contributed by atoms with Gasteiger partial charge in [-0.15, -0.1) is 11.3 Å². The molecule has 2 aromatic rings. The van der Waals surface area contributed by atoms with E-state index in [4.69, 9.17) is 0 Å². The maximum Gasteiger partial charge on any atom is 0.442 e. The molecule has 9 heteroatoms. The van der Waals surface area contributed by atoms with Gasteiger partial charge in [0.05, 0.1) is 5.75 Å². The molecule has 1 aromatic heterocycles. The molecule has 118 valence electrons. The number of nitrogens with zero attached hydrogens (tertiary/aromatic N) is 1. The number of carbonyl (C=O) groups is 1. The minimum atomic E-state index is -4.40. The topological polar surface area (TPSA) is 42.0 Å². The van der Waals surface area contributed by atoms with Crippen LogP contribution >= 0.6 is 34.9 Å². The van der Waals surface area contributed by atoms with Crippen molar-refractivity contribution in [2.45, 2.75) is 21.7 Å². The average Bonchev–Trinajstić information content (AvgIpc) is 2.83. The molecule has 1 amide bonds. The van der Waals surface area contributed by atoms with Gasteiger partial charge in [-0.3, -0.25) is 4.79 Å². The van der Waals surface area contributed by atoms with Crippen molar-refractivity contribution in [1.29, 1.82) is 0 Å². The Labute approximate surface area is 137 Å². The van der Waals surface area contributed by atoms with Crippen molar-refractivity contribution in [3.63, 3.8) is 0 Å². The fraction of sp³-hybridized carbons (Fsp3) is 0.231. The number of anilines is 1. The van der Waals surface area contributed by atoms with E-state index >= 15 is 0 Å². The van der Waals surface area contributed by atoms with Gasteiger partial charge in [0.1, 0.15) is 0 Å². The second kappa shape index (κ2) is 7.38. The minimum Gasteiger partial charge on any atom is -0.325 e. The average molecular weight is 364 g/mol. The van der Waals surface area contributed by atoms with E-state index in [0.29, 0.717) is 5.69 Å². The lowest BCUT2D eigenvalue weighted by Gasteiger charge is -2.07. The molecule has 0 unspecified atom stereocenters. The molecule has 3 nitrogen and oxygen atoms in total. The molecule has 2 rings (SSSR count). The second-order valence-corrected chi connectivity index (χ2v) is 7.38. The zero-order valence-electron chi connectivity index (χ0n) is 11.3. The highest BCUT2D eigenvalue weighted by Gasteiger charge is 2.29. The molecule has 0 bridgehead atoms. The van der Waals surface area contributed by atoms with Gasteiger partial charge in [-0.25, -0.2) is 4.98 Å². The summed E-state index contributed by atoms with van der Waals surface area (Å²) >= 11 is 2.68. The Morgan fingerprint density at radius 2 is 2.00 bits per heavy atom. The molecule has 0 fully saturated rings. The smallest absolute Gasteiger partial charge is 0.325 e. The number of nitrogens with one attached hydrogen (secondary N) is 1. The summed E-state index contributed by atoms with van der Waals surface area (Å²) in [6.07, 6.45) is 0. The van der Waals surface area contributed by atoms with Crippen LogP contribution in [0.1, 0.15) is 5.69 Å². The van der Waals surface area contributed by atoms with E-state index in [1.807, 2.05) is 12.3 Å². The first-order valence-electron chi connectivity index (χ1n) is 6.02. The van der Waals surface area contributed by atoms with Gasteiger partial charge in [-0.1, -0.05) is 11.8 Å². The molecule has 1 N–H and O–H groups in total. The first-order valence-corrected chi connectivity index (χ1v) is 8.70. The van der Waals surface area contributed by atoms with Crippen molar-refractivity contribution in [3.8, 4) is 0 Å². The third-order valence-electron chi connectivity index (χ3n) is 2.31. The number of aromatic nitrogens is 1. The molecule has 0 aliphatic carbocycles. The molecule has 0 atom stereocenters. The molecule has 0 radical (unpaired) electrons. The van der Waals surface area contributed by atoms with E-state index in [1.54, 1.807) is 35.6 Å². The van der Waals surface area contributed by atoms with Crippen LogP contribution in [0.25, 0.3) is 0 Å². The Balaban J connectivity index is 1.87. The standard InChI is InChI=1S/C13H11F3N2OS3/c1-8-6-20-12(17-8)22-10-4-2-9(3-5-10)18-11(19)7-21-13(14,15)16/h2-6H,7H2,1H3,(H,18,19). The molecule has 0 aliphatic heterocycles. The third kappa shape index (κ3) is 5.90. The number of rotatable bonds is 5. The number of hydrogen-bond acceptors (Lipinski definition) is 5. The highest BCUT2D eigenvalue weighted by atomic mass is 32.2. The molecule has 1 heterocycles. The van der Waals surface area contributed by atoms with E-state index in [9.17, 15) is 18.0 Å². The van der Waals surface area contributed by atoms with Crippen LogP contribution in [-0.2, 0) is 4.79 Å². The number of hydrogen-bond donors (Lipinski definition) is 1. The Morgan fingerprint density at radius 3 is 2.55 bits per heavy atom. The van der Waals surface area contributed by atoms with Gasteiger partial charge in [0.15, 0.2) is 4.34 Å². The Hall–Kier alpha value is -1.19. The van der Waals surface area contributed by atoms with Crippen molar-refractivity contribution >= 4 is 46.5 Å². The summed E-state index contributed by atoms with van der Waals surface area (Å²) in [4.78, 5) is 16.7. The summed E-state index contributed by atoms with van der Waals surface area (Å²) < 4.78 is 36.9. The van der Waals surface area contributed by atoms with Gasteiger partial charge < -0.3 is 5.32 Å². The lowest BCUT2D eigenvalue weighted by molar-refractivity contribution is -0.114. The summed E-state index contributed by atoms with van der Waals surface area (Å²) in [6, 6.07) is 6.87. The number of benzene rings is 1. The summed E-state index contributed by atoms with van der Waals surface area (Å²) in [5.41, 5.74) is -2.98. The van der Waals surface area contributed by atoms with Crippen LogP contribution in [0.5, 0.6) is 0 Å². The summed E-state index contributed by atoms with van der Waals surface area (Å²) in [7, 11) is 0. The first-order chi connectivity index (χ1) is 10.3. The Bertz CT molecular complexity index is 641. The third-order valence-corrected chi connectivity index (χ3v) is 5.11. The maximum absolute atomic E-state index is 12.0. The molecular weight excluding hydrogens is 353 g/mol. The normalized spacial score (nSPS) is 11.5. The number of aryl methyl sites for hydroxylation is 1. The molecule has 0 aliphatic rings. The minimum absolute atomic E-state index is 0.355. The maximum atomic E-state index is 12.0. The van der Waals surface area contributed by atoms with Gasteiger partial charge in [0, 0.05) is 21.7 Å². The SMILES string of the molecule is Cc1csc(Sc2ccc(NC(=O)CSC(F)(F)F)cc2)n1. The summed E-state index contributed by atoms with van der Waals surface area (Å²) in [5, 5.41) is 4.38. The molecule has 0 spiro atoms. The lowest BCUT2D eigenvalue weighted by Crippen LogP contribution is -2.17. The zero-order chi connectivity index (χ0) is 16.2. The van der Waals surface area contributed by atoms with Crippen molar-refractivity contribution in [1.82, 2.24) is 4.98 Å². The molecular formula is C13H11F3N2OS3. The van der Waals surface area contributed by atoms with Crippen LogP contribution in [0.4, 0.5) is 18.9 Å². The van der Waals surface area contributed by atoms with Crippen molar-refractivity contribution in [2.24, 2.45) is 0 Å². The summed E-state index contributed by atoms with van der Waals surface area (Å²) in [6.45, 7) is 1.91. The monoisotopic (exact) mass is 364 g/mol. The van der Waals surface area contributed by atoms with E-state index in [1.165, 1.54) is 11.8 Å². The second-order valence-electron chi connectivity index (χ2n) is 4.16. The van der Waals surface area contributed by atoms with Crippen LogP contribution in [0.2, 0.25) is 0 Å². The van der Waals surface area contributed by atoms with Gasteiger partial charge in [0.25, 0.3) is 0 Å². The van der Waals surface area contributed by atoms with Crippen molar-refractivity contribution in [2.75, 3.05) is 11.1 Å². The zero-order valence-corrected chi connectivity index (χ0v) is 13.8. The number of halogens is 3. The number of amides is 1. The number of thiazole rings is 1. The van der Waals surface area contributed by atoms with E-state index in [0.717, 1.165) is 14.9 Å². The molecule has 22 heavy (non-hydrogen) atoms. The highest BCUT2D eigenvalue weighted by Crippen LogP contribution is 2.31. The quantitative estimate of drug-likeness (QED) is 0.828. The number of alkyl halides is 3. The van der Waals surface area contributed by atoms with Crippen LogP contribution in [0.15, 0.2) is 38.9 Å². The molecule has 0 saturated carbocycles. The fourth-order valence-corrected chi connectivity index (χ4v) is 3.61. The highest BCUT2D eigenvalue weighted by molar-refractivity contribution is 8.01. The van der Waals surface area contributed by atoms with Crippen LogP contribution in [-0.4, -0.2) is 22.2 Å². The first kappa shape index (κ1) is 17.2. The Morgan fingerprint density at radius 1 is 1.32 bits per heavy atom. The van der Waals surface area contributed by atoms with Crippen LogP contribution < -0.4 is 5.32 Å². The van der Waals surface area contributed by atoms with Crippen LogP contribution in [0.3, 0.4) is 0 Å². The number of thioether (sulfide) groups is 1. The van der Waals surface area contributed by atoms with Gasteiger partial charge in [0.2, 0.25) is 5.91 Å². The predicted molar refractivity (Wildman–Crippen MR) is 84.6 cm³/mol. The summed E-state index contributed by atoms with van der Waals surface area (Å²) in [5.74, 6) is -1.34. The van der Waals surface area contributed by atoms with E-state index < -0.39 is 17.2 Å². The van der Waals surface area contributed by atoms with Gasteiger partial charge in [-0.05, 0) is 43.0 Å². The molecule has 1 aromatic carbocycles. The number of carbonyl (C=O) groups excluding carboxylic acids is 1. The fourth-order valence-electron chi connectivity index (χ4n) is 1.43. The molecule has 0 saturated heterocycles. The van der Waals surface area contributed by atoms with E-state index in [2.05, 4.69) is 10.3 Å². The van der Waals surface area contributed by atoms with Crippen molar-refractivity contribution < 1.29 is 18.0 Å². The largest absolute Gasteiger partial charge is 0.442 e. The van der Waals surface area contributed by atoms with Crippen molar-refractivity contribution in [3.05, 3.63) is 35.3 Å². The lowest BCUT2D eigenvalue weighted by atomic mass is 10.3. The van der Waals surface area contributed by atoms with Gasteiger partial charge >= 0.3 is 5.51 Å². The van der Waals surface area contributed by atoms with E-state index in [-0.39, 0.29) is 11.8 Å². The predicted octanol–water partition coefficient (Wildman–Crippen LogP) is 4.79.